The molecule has 0 atom stereocenters. The maximum absolute atomic E-state index is 12.8. The van der Waals surface area contributed by atoms with E-state index >= 15 is 0 Å². The number of anilines is 2. The Kier molecular flexibility index (Phi) is 8.45. The zero-order chi connectivity index (χ0) is 22.6. The molecule has 3 aromatic carbocycles. The van der Waals surface area contributed by atoms with E-state index < -0.39 is 12.1 Å². The van der Waals surface area contributed by atoms with Crippen molar-refractivity contribution in [2.45, 2.75) is 12.8 Å². The van der Waals surface area contributed by atoms with Gasteiger partial charge in [0.1, 0.15) is 5.75 Å². The standard InChI is InChI=1S/C26H25NO5/c28-25(29)20-32-24-17-10-12-21(19-24)11-4-3-9-18-31-26(30)27(22-13-5-1-6-14-22)23-15-7-2-8-16-23/h1-2,4-8,10-17,19H,3,9,18,20H2,(H,28,29)/b11-4-. The Bertz CT molecular complexity index is 995. The van der Waals surface area contributed by atoms with Crippen LogP contribution in [0.2, 0.25) is 0 Å². The van der Waals surface area contributed by atoms with Crippen LogP contribution in [0.15, 0.2) is 91.0 Å². The first kappa shape index (κ1) is 22.6. The monoisotopic (exact) mass is 431 g/mol. The maximum Gasteiger partial charge on any atom is 0.418 e. The van der Waals surface area contributed by atoms with Crippen LogP contribution < -0.4 is 9.64 Å². The van der Waals surface area contributed by atoms with Gasteiger partial charge < -0.3 is 14.6 Å². The number of carbonyl (C=O) groups excluding carboxylic acids is 1. The molecule has 0 saturated heterocycles. The summed E-state index contributed by atoms with van der Waals surface area (Å²) in [5.41, 5.74) is 2.39. The normalized spacial score (nSPS) is 10.6. The molecule has 164 valence electrons. The van der Waals surface area contributed by atoms with Crippen LogP contribution in [0.5, 0.6) is 5.75 Å². The number of nitrogens with zero attached hydrogens (tertiary/aromatic N) is 1. The molecule has 3 rings (SSSR count). The smallest absolute Gasteiger partial charge is 0.418 e. The third kappa shape index (κ3) is 7.02. The van der Waals surface area contributed by atoms with Crippen molar-refractivity contribution in [3.8, 4) is 5.75 Å². The minimum atomic E-state index is -1.02. The summed E-state index contributed by atoms with van der Waals surface area (Å²) in [7, 11) is 0. The van der Waals surface area contributed by atoms with Gasteiger partial charge in [-0.15, -0.1) is 0 Å². The van der Waals surface area contributed by atoms with Crippen molar-refractivity contribution in [2.24, 2.45) is 0 Å². The number of benzene rings is 3. The van der Waals surface area contributed by atoms with Crippen LogP contribution in [-0.4, -0.2) is 30.4 Å². The predicted molar refractivity (Wildman–Crippen MR) is 124 cm³/mol. The molecular formula is C26H25NO5. The molecule has 0 aliphatic carbocycles. The number of hydrogen-bond acceptors (Lipinski definition) is 4. The summed E-state index contributed by atoms with van der Waals surface area (Å²) < 4.78 is 10.7. The summed E-state index contributed by atoms with van der Waals surface area (Å²) in [6.07, 6.45) is 4.89. The number of para-hydroxylation sites is 2. The summed E-state index contributed by atoms with van der Waals surface area (Å²) in [6.45, 7) is -0.0807. The Morgan fingerprint density at radius 2 is 1.53 bits per heavy atom. The predicted octanol–water partition coefficient (Wildman–Crippen LogP) is 5.92. The maximum atomic E-state index is 12.8. The fraction of sp³-hybridized carbons (Fsp3) is 0.154. The highest BCUT2D eigenvalue weighted by molar-refractivity contribution is 5.95. The molecule has 0 aliphatic heterocycles. The Morgan fingerprint density at radius 1 is 0.875 bits per heavy atom. The lowest BCUT2D eigenvalue weighted by atomic mass is 10.2. The molecule has 0 unspecified atom stereocenters. The highest BCUT2D eigenvalue weighted by atomic mass is 16.6. The van der Waals surface area contributed by atoms with Gasteiger partial charge in [0.15, 0.2) is 6.61 Å². The highest BCUT2D eigenvalue weighted by Gasteiger charge is 2.18. The molecule has 0 spiro atoms. The number of carboxylic acids is 1. The average molecular weight is 431 g/mol. The van der Waals surface area contributed by atoms with Gasteiger partial charge in [0.25, 0.3) is 0 Å². The molecule has 3 aromatic rings. The average Bonchev–Trinajstić information content (AvgIpc) is 2.82. The van der Waals surface area contributed by atoms with E-state index in [-0.39, 0.29) is 6.61 Å². The summed E-state index contributed by atoms with van der Waals surface area (Å²) in [5, 5.41) is 8.69. The summed E-state index contributed by atoms with van der Waals surface area (Å²) in [5.74, 6) is -0.510. The van der Waals surface area contributed by atoms with E-state index in [4.69, 9.17) is 14.6 Å². The molecule has 0 aromatic heterocycles. The van der Waals surface area contributed by atoms with Crippen molar-refractivity contribution < 1.29 is 24.2 Å². The van der Waals surface area contributed by atoms with Gasteiger partial charge in [0, 0.05) is 0 Å². The second-order valence-electron chi connectivity index (χ2n) is 6.92. The second kappa shape index (κ2) is 12.0. The van der Waals surface area contributed by atoms with Crippen molar-refractivity contribution in [2.75, 3.05) is 18.1 Å². The van der Waals surface area contributed by atoms with Gasteiger partial charge in [0.05, 0.1) is 18.0 Å². The number of aliphatic carboxylic acids is 1. The van der Waals surface area contributed by atoms with Crippen molar-refractivity contribution in [1.29, 1.82) is 0 Å². The van der Waals surface area contributed by atoms with E-state index in [2.05, 4.69) is 0 Å². The first-order valence-electron chi connectivity index (χ1n) is 10.3. The van der Waals surface area contributed by atoms with Crippen LogP contribution in [-0.2, 0) is 9.53 Å². The van der Waals surface area contributed by atoms with Gasteiger partial charge in [0.2, 0.25) is 0 Å². The molecule has 6 nitrogen and oxygen atoms in total. The number of unbranched alkanes of at least 4 members (excludes halogenated alkanes) is 1. The number of allylic oxidation sites excluding steroid dienone is 1. The van der Waals surface area contributed by atoms with Crippen LogP contribution >= 0.6 is 0 Å². The minimum Gasteiger partial charge on any atom is -0.482 e. The van der Waals surface area contributed by atoms with Crippen LogP contribution in [0.3, 0.4) is 0 Å². The fourth-order valence-corrected chi connectivity index (χ4v) is 3.01. The Balaban J connectivity index is 1.50. The third-order valence-corrected chi connectivity index (χ3v) is 4.48. The molecule has 0 fully saturated rings. The molecule has 1 N–H and O–H groups in total. The lowest BCUT2D eigenvalue weighted by molar-refractivity contribution is -0.139. The molecular weight excluding hydrogens is 406 g/mol. The van der Waals surface area contributed by atoms with E-state index in [0.717, 1.165) is 23.4 Å². The van der Waals surface area contributed by atoms with Crippen molar-refractivity contribution in [1.82, 2.24) is 0 Å². The highest BCUT2D eigenvalue weighted by Crippen LogP contribution is 2.25. The topological polar surface area (TPSA) is 76.1 Å². The first-order valence-corrected chi connectivity index (χ1v) is 10.3. The van der Waals surface area contributed by atoms with E-state index in [1.807, 2.05) is 78.9 Å². The quantitative estimate of drug-likeness (QED) is 0.403. The Hall–Kier alpha value is -4.06. The molecule has 0 heterocycles. The molecule has 0 aliphatic rings. The van der Waals surface area contributed by atoms with Gasteiger partial charge in [-0.2, -0.15) is 0 Å². The van der Waals surface area contributed by atoms with Crippen molar-refractivity contribution >= 4 is 29.5 Å². The van der Waals surface area contributed by atoms with Gasteiger partial charge in [-0.3, -0.25) is 0 Å². The molecule has 0 bridgehead atoms. The van der Waals surface area contributed by atoms with Crippen LogP contribution in [0, 0.1) is 0 Å². The van der Waals surface area contributed by atoms with Gasteiger partial charge in [-0.25, -0.2) is 14.5 Å². The number of ether oxygens (including phenoxy) is 2. The largest absolute Gasteiger partial charge is 0.482 e. The van der Waals surface area contributed by atoms with Crippen LogP contribution in [0.25, 0.3) is 6.08 Å². The fourth-order valence-electron chi connectivity index (χ4n) is 3.01. The number of hydrogen-bond donors (Lipinski definition) is 1. The number of amides is 1. The van der Waals surface area contributed by atoms with Crippen molar-refractivity contribution in [3.63, 3.8) is 0 Å². The van der Waals surface area contributed by atoms with Gasteiger partial charge >= 0.3 is 12.1 Å². The van der Waals surface area contributed by atoms with Crippen LogP contribution in [0.4, 0.5) is 16.2 Å². The number of carboxylic acid groups (broad SMARTS) is 1. The van der Waals surface area contributed by atoms with E-state index in [0.29, 0.717) is 18.8 Å². The lowest BCUT2D eigenvalue weighted by Crippen LogP contribution is -2.27. The molecule has 0 radical (unpaired) electrons. The van der Waals surface area contributed by atoms with Gasteiger partial charge in [-0.05, 0) is 54.8 Å². The Labute approximate surface area is 187 Å². The second-order valence-corrected chi connectivity index (χ2v) is 6.92. The minimum absolute atomic E-state index is 0.293. The zero-order valence-electron chi connectivity index (χ0n) is 17.6. The van der Waals surface area contributed by atoms with Crippen molar-refractivity contribution in [3.05, 3.63) is 96.6 Å². The lowest BCUT2D eigenvalue weighted by Gasteiger charge is -2.22. The van der Waals surface area contributed by atoms with Crippen LogP contribution in [0.1, 0.15) is 18.4 Å². The van der Waals surface area contributed by atoms with E-state index in [1.165, 1.54) is 0 Å². The summed E-state index contributed by atoms with van der Waals surface area (Å²) >= 11 is 0. The molecule has 6 heteroatoms. The summed E-state index contributed by atoms with van der Waals surface area (Å²) in [4.78, 5) is 24.9. The molecule has 0 saturated carbocycles. The Morgan fingerprint density at radius 3 is 2.16 bits per heavy atom. The zero-order valence-corrected chi connectivity index (χ0v) is 17.6. The van der Waals surface area contributed by atoms with E-state index in [1.54, 1.807) is 23.1 Å². The number of carbonyl (C=O) groups is 2. The molecule has 32 heavy (non-hydrogen) atoms. The van der Waals surface area contributed by atoms with E-state index in [9.17, 15) is 9.59 Å². The third-order valence-electron chi connectivity index (χ3n) is 4.48. The van der Waals surface area contributed by atoms with Gasteiger partial charge in [-0.1, -0.05) is 60.7 Å². The first-order chi connectivity index (χ1) is 15.6. The number of rotatable bonds is 10. The SMILES string of the molecule is O=C(O)COc1cccc(/C=C\CCCOC(=O)N(c2ccccc2)c2ccccc2)c1. The molecule has 1 amide bonds. The summed E-state index contributed by atoms with van der Waals surface area (Å²) in [6, 6.07) is 26.0.